The number of carbonyl (C=O) groups excluding carboxylic acids is 1. The molecule has 1 saturated heterocycles. The maximum absolute atomic E-state index is 12.5. The minimum atomic E-state index is -0.0309. The summed E-state index contributed by atoms with van der Waals surface area (Å²) < 4.78 is 0. The van der Waals surface area contributed by atoms with Crippen molar-refractivity contribution in [2.75, 3.05) is 38.0 Å². The zero-order valence-electron chi connectivity index (χ0n) is 17.3. The molecule has 2 aliphatic rings. The van der Waals surface area contributed by atoms with Gasteiger partial charge in [-0.25, -0.2) is 4.79 Å². The van der Waals surface area contributed by atoms with Gasteiger partial charge in [0.25, 0.3) is 0 Å². The molecule has 2 aromatic rings. The van der Waals surface area contributed by atoms with Gasteiger partial charge in [0.1, 0.15) is 0 Å². The molecule has 1 fully saturated rings. The fourth-order valence-electron chi connectivity index (χ4n) is 4.01. The van der Waals surface area contributed by atoms with Gasteiger partial charge in [0, 0.05) is 56.7 Å². The number of amides is 2. The van der Waals surface area contributed by atoms with Crippen molar-refractivity contribution in [2.24, 2.45) is 0 Å². The molecule has 0 aliphatic carbocycles. The largest absolute Gasteiger partial charge is 0.323 e. The molecule has 1 aromatic heterocycles. The van der Waals surface area contributed by atoms with Crippen LogP contribution in [0.3, 0.4) is 0 Å². The summed E-state index contributed by atoms with van der Waals surface area (Å²) in [6.07, 6.45) is 7.07. The third-order valence-electron chi connectivity index (χ3n) is 5.66. The van der Waals surface area contributed by atoms with E-state index in [-0.39, 0.29) is 6.03 Å². The highest BCUT2D eigenvalue weighted by Gasteiger charge is 2.31. The van der Waals surface area contributed by atoms with Crippen LogP contribution in [0.5, 0.6) is 0 Å². The number of anilines is 1. The van der Waals surface area contributed by atoms with Crippen LogP contribution in [0, 0.1) is 5.92 Å². The SMILES string of the molecule is C[C](C)CN1CC=C(c2ccc(NC(=O)N3CC(c4cccnc4)C3)cc2)CC1. The van der Waals surface area contributed by atoms with Crippen LogP contribution in [0.4, 0.5) is 10.5 Å². The van der Waals surface area contributed by atoms with E-state index in [0.29, 0.717) is 5.92 Å². The summed E-state index contributed by atoms with van der Waals surface area (Å²) in [6, 6.07) is 12.2. The van der Waals surface area contributed by atoms with E-state index < -0.39 is 0 Å². The van der Waals surface area contributed by atoms with Gasteiger partial charge in [-0.15, -0.1) is 0 Å². The average molecular weight is 390 g/mol. The number of urea groups is 1. The Kier molecular flexibility index (Phi) is 5.95. The third kappa shape index (κ3) is 4.85. The van der Waals surface area contributed by atoms with Gasteiger partial charge in [-0.3, -0.25) is 9.88 Å². The van der Waals surface area contributed by atoms with Crippen LogP contribution < -0.4 is 5.32 Å². The Balaban J connectivity index is 1.28. The van der Waals surface area contributed by atoms with Gasteiger partial charge in [0.2, 0.25) is 0 Å². The van der Waals surface area contributed by atoms with Crippen molar-refractivity contribution in [3.05, 3.63) is 71.9 Å². The van der Waals surface area contributed by atoms with Crippen LogP contribution in [0.25, 0.3) is 5.57 Å². The van der Waals surface area contributed by atoms with Crippen molar-refractivity contribution in [2.45, 2.75) is 26.2 Å². The van der Waals surface area contributed by atoms with Crippen LogP contribution in [-0.4, -0.2) is 53.5 Å². The number of aromatic nitrogens is 1. The molecule has 4 rings (SSSR count). The standard InChI is InChI=1S/C24H29N4O/c1-18(2)15-27-12-9-20(10-13-27)19-5-7-23(8-6-19)26-24(29)28-16-22(17-28)21-4-3-11-25-14-21/h3-9,11,14,22H,10,12-13,15-17H2,1-2H3,(H,26,29). The summed E-state index contributed by atoms with van der Waals surface area (Å²) in [5.74, 6) is 1.85. The van der Waals surface area contributed by atoms with Gasteiger partial charge in [0.15, 0.2) is 0 Å². The topological polar surface area (TPSA) is 48.5 Å². The molecule has 151 valence electrons. The number of likely N-dealkylation sites (tertiary alicyclic amines) is 1. The monoisotopic (exact) mass is 389 g/mol. The number of hydrogen-bond acceptors (Lipinski definition) is 3. The highest BCUT2D eigenvalue weighted by atomic mass is 16.2. The summed E-state index contributed by atoms with van der Waals surface area (Å²) in [4.78, 5) is 20.9. The molecule has 2 amide bonds. The van der Waals surface area contributed by atoms with E-state index in [1.54, 1.807) is 6.20 Å². The van der Waals surface area contributed by atoms with Crippen molar-refractivity contribution in [3.63, 3.8) is 0 Å². The Morgan fingerprint density at radius 3 is 2.59 bits per heavy atom. The normalized spacial score (nSPS) is 17.8. The number of rotatable bonds is 5. The summed E-state index contributed by atoms with van der Waals surface area (Å²) >= 11 is 0. The second-order valence-electron chi connectivity index (χ2n) is 8.32. The fraction of sp³-hybridized carbons (Fsp3) is 0.375. The first-order valence-corrected chi connectivity index (χ1v) is 10.3. The lowest BCUT2D eigenvalue weighted by Gasteiger charge is -2.39. The van der Waals surface area contributed by atoms with Crippen molar-refractivity contribution < 1.29 is 4.79 Å². The van der Waals surface area contributed by atoms with E-state index in [2.05, 4.69) is 53.3 Å². The van der Waals surface area contributed by atoms with Gasteiger partial charge < -0.3 is 10.2 Å². The molecule has 0 unspecified atom stereocenters. The van der Waals surface area contributed by atoms with Crippen LogP contribution in [-0.2, 0) is 0 Å². The van der Waals surface area contributed by atoms with Crippen molar-refractivity contribution in [1.29, 1.82) is 0 Å². The summed E-state index contributed by atoms with van der Waals surface area (Å²) in [5.41, 5.74) is 4.69. The first-order valence-electron chi connectivity index (χ1n) is 10.3. The van der Waals surface area contributed by atoms with Crippen molar-refractivity contribution >= 4 is 17.3 Å². The number of pyridine rings is 1. The summed E-state index contributed by atoms with van der Waals surface area (Å²) in [6.45, 7) is 9.04. The molecule has 5 heteroatoms. The minimum Gasteiger partial charge on any atom is -0.323 e. The number of carbonyl (C=O) groups is 1. The minimum absolute atomic E-state index is 0.0309. The maximum Gasteiger partial charge on any atom is 0.321 e. The van der Waals surface area contributed by atoms with Crippen LogP contribution in [0.1, 0.15) is 37.3 Å². The van der Waals surface area contributed by atoms with Gasteiger partial charge >= 0.3 is 6.03 Å². The molecule has 5 nitrogen and oxygen atoms in total. The lowest BCUT2D eigenvalue weighted by Crippen LogP contribution is -2.50. The fourth-order valence-corrected chi connectivity index (χ4v) is 4.01. The Bertz CT molecular complexity index is 854. The first-order chi connectivity index (χ1) is 14.1. The molecule has 1 aromatic carbocycles. The van der Waals surface area contributed by atoms with E-state index in [4.69, 9.17) is 0 Å². The molecule has 0 saturated carbocycles. The third-order valence-corrected chi connectivity index (χ3v) is 5.66. The van der Waals surface area contributed by atoms with Gasteiger partial charge in [-0.05, 0) is 47.2 Å². The molecule has 1 N–H and O–H groups in total. The van der Waals surface area contributed by atoms with E-state index >= 15 is 0 Å². The maximum atomic E-state index is 12.5. The van der Waals surface area contributed by atoms with E-state index in [1.807, 2.05) is 29.3 Å². The van der Waals surface area contributed by atoms with Gasteiger partial charge in [0.05, 0.1) is 0 Å². The first kappa shape index (κ1) is 19.6. The highest BCUT2D eigenvalue weighted by Crippen LogP contribution is 2.28. The average Bonchev–Trinajstić information content (AvgIpc) is 2.68. The molecule has 3 heterocycles. The molecule has 0 bridgehead atoms. The Morgan fingerprint density at radius 2 is 1.97 bits per heavy atom. The van der Waals surface area contributed by atoms with Crippen LogP contribution in [0.2, 0.25) is 0 Å². The number of nitrogens with one attached hydrogen (secondary N) is 1. The van der Waals surface area contributed by atoms with Crippen LogP contribution in [0.15, 0.2) is 54.9 Å². The molecule has 2 aliphatic heterocycles. The van der Waals surface area contributed by atoms with Gasteiger partial charge in [-0.2, -0.15) is 0 Å². The second-order valence-corrected chi connectivity index (χ2v) is 8.32. The van der Waals surface area contributed by atoms with E-state index in [0.717, 1.165) is 44.8 Å². The zero-order chi connectivity index (χ0) is 20.2. The molecule has 0 atom stereocenters. The van der Waals surface area contributed by atoms with E-state index in [1.165, 1.54) is 22.6 Å². The second kappa shape index (κ2) is 8.78. The quantitative estimate of drug-likeness (QED) is 0.824. The molecule has 29 heavy (non-hydrogen) atoms. The zero-order valence-corrected chi connectivity index (χ0v) is 17.3. The van der Waals surface area contributed by atoms with Gasteiger partial charge in [-0.1, -0.05) is 38.1 Å². The number of hydrogen-bond donors (Lipinski definition) is 1. The number of benzene rings is 1. The predicted octanol–water partition coefficient (Wildman–Crippen LogP) is 4.42. The Labute approximate surface area is 173 Å². The van der Waals surface area contributed by atoms with E-state index in [9.17, 15) is 4.79 Å². The Hall–Kier alpha value is -2.66. The molecular weight excluding hydrogens is 360 g/mol. The molecular formula is C24H29N4O. The predicted molar refractivity (Wildman–Crippen MR) is 118 cm³/mol. The molecule has 0 spiro atoms. The lowest BCUT2D eigenvalue weighted by atomic mass is 9.93. The Morgan fingerprint density at radius 1 is 1.17 bits per heavy atom. The summed E-state index contributed by atoms with van der Waals surface area (Å²) in [7, 11) is 0. The van der Waals surface area contributed by atoms with Crippen molar-refractivity contribution in [1.82, 2.24) is 14.8 Å². The highest BCUT2D eigenvalue weighted by molar-refractivity contribution is 5.90. The van der Waals surface area contributed by atoms with Crippen LogP contribution >= 0.6 is 0 Å². The van der Waals surface area contributed by atoms with Crippen molar-refractivity contribution in [3.8, 4) is 0 Å². The summed E-state index contributed by atoms with van der Waals surface area (Å²) in [5, 5.41) is 3.02. The molecule has 1 radical (unpaired) electrons. The lowest BCUT2D eigenvalue weighted by molar-refractivity contribution is 0.164. The smallest absolute Gasteiger partial charge is 0.321 e. The number of nitrogens with zero attached hydrogens (tertiary/aromatic N) is 3.